The lowest BCUT2D eigenvalue weighted by Crippen LogP contribution is -2.27. The molecule has 2 aliphatic rings. The number of rotatable bonds is 4. The van der Waals surface area contributed by atoms with E-state index in [0.717, 1.165) is 5.56 Å². The third-order valence-electron chi connectivity index (χ3n) is 4.79. The Hall–Kier alpha value is -2.72. The first-order valence-electron chi connectivity index (χ1n) is 9.09. The molecule has 0 N–H and O–H groups in total. The van der Waals surface area contributed by atoms with Crippen LogP contribution in [0.2, 0.25) is 10.0 Å². The zero-order valence-corrected chi connectivity index (χ0v) is 17.7. The molecule has 30 heavy (non-hydrogen) atoms. The second-order valence-corrected chi connectivity index (χ2v) is 8.00. The fourth-order valence-corrected chi connectivity index (χ4v) is 4.08. The maximum absolute atomic E-state index is 13.1. The molecule has 3 nitrogen and oxygen atoms in total. The van der Waals surface area contributed by atoms with Crippen molar-refractivity contribution in [3.63, 3.8) is 0 Å². The van der Waals surface area contributed by atoms with Crippen molar-refractivity contribution in [1.82, 2.24) is 0 Å². The first kappa shape index (κ1) is 20.5. The van der Waals surface area contributed by atoms with Gasteiger partial charge in [0.05, 0.1) is 11.3 Å². The van der Waals surface area contributed by atoms with Crippen LogP contribution in [-0.4, -0.2) is 17.4 Å². The Morgan fingerprint density at radius 1 is 1.00 bits per heavy atom. The van der Waals surface area contributed by atoms with E-state index in [1.807, 2.05) is 30.3 Å². The van der Waals surface area contributed by atoms with E-state index in [9.17, 15) is 9.59 Å². The fraction of sp³-hybridized carbons (Fsp3) is 0.0417. The molecule has 6 heteroatoms. The minimum absolute atomic E-state index is 0.0207. The smallest absolute Gasteiger partial charge is 0.281 e. The molecule has 1 aliphatic heterocycles. The number of carbonyl (C=O) groups excluding carboxylic acids is 2. The van der Waals surface area contributed by atoms with Gasteiger partial charge in [-0.15, -0.1) is 0 Å². The SMILES string of the molecule is O=C(/C=C/c1ccc(Cl)cc1Cl)C1=C(c2ccccc2)C2C=C(Cl)C=CC2=NC1=O. The molecule has 1 amide bonds. The Morgan fingerprint density at radius 2 is 1.77 bits per heavy atom. The van der Waals surface area contributed by atoms with Crippen LogP contribution >= 0.6 is 34.8 Å². The minimum Gasteiger partial charge on any atom is -0.289 e. The molecule has 1 atom stereocenters. The summed E-state index contributed by atoms with van der Waals surface area (Å²) in [5, 5.41) is 1.43. The number of allylic oxidation sites excluding steroid dienone is 6. The highest BCUT2D eigenvalue weighted by molar-refractivity contribution is 6.37. The van der Waals surface area contributed by atoms with E-state index < -0.39 is 11.7 Å². The van der Waals surface area contributed by atoms with Crippen LogP contribution in [0.25, 0.3) is 11.6 Å². The number of amides is 1. The number of fused-ring (bicyclic) bond motifs is 1. The van der Waals surface area contributed by atoms with E-state index >= 15 is 0 Å². The van der Waals surface area contributed by atoms with Crippen molar-refractivity contribution in [1.29, 1.82) is 0 Å². The molecule has 2 aromatic rings. The van der Waals surface area contributed by atoms with E-state index in [4.69, 9.17) is 34.8 Å². The van der Waals surface area contributed by atoms with Crippen molar-refractivity contribution in [2.24, 2.45) is 10.9 Å². The van der Waals surface area contributed by atoms with Gasteiger partial charge in [0.15, 0.2) is 5.78 Å². The lowest BCUT2D eigenvalue weighted by atomic mass is 9.80. The summed E-state index contributed by atoms with van der Waals surface area (Å²) in [7, 11) is 0. The van der Waals surface area contributed by atoms with Crippen LogP contribution in [-0.2, 0) is 9.59 Å². The predicted octanol–water partition coefficient (Wildman–Crippen LogP) is 6.32. The van der Waals surface area contributed by atoms with Crippen LogP contribution in [0, 0.1) is 5.92 Å². The number of nitrogens with zero attached hydrogens (tertiary/aromatic N) is 1. The standard InChI is InChI=1S/C24H14Cl3NO2/c25-16-9-10-20-18(12-16)22(15-4-2-1-3-5-15)23(24(30)28-20)21(29)11-7-14-6-8-17(26)13-19(14)27/h1-13,18H/b11-7+. The van der Waals surface area contributed by atoms with Crippen LogP contribution in [0.15, 0.2) is 88.4 Å². The van der Waals surface area contributed by atoms with Crippen LogP contribution in [0.1, 0.15) is 11.1 Å². The van der Waals surface area contributed by atoms with Gasteiger partial charge in [-0.2, -0.15) is 0 Å². The fourth-order valence-electron chi connectivity index (χ4n) is 3.42. The van der Waals surface area contributed by atoms with Gasteiger partial charge in [0.25, 0.3) is 5.91 Å². The molecule has 0 bridgehead atoms. The van der Waals surface area contributed by atoms with Gasteiger partial charge in [-0.3, -0.25) is 9.59 Å². The van der Waals surface area contributed by atoms with Gasteiger partial charge in [-0.25, -0.2) is 4.99 Å². The zero-order valence-electron chi connectivity index (χ0n) is 15.5. The molecule has 148 valence electrons. The Balaban J connectivity index is 1.81. The Morgan fingerprint density at radius 3 is 2.50 bits per heavy atom. The van der Waals surface area contributed by atoms with Crippen LogP contribution in [0.4, 0.5) is 0 Å². The number of dihydropyridines is 1. The third-order valence-corrected chi connectivity index (χ3v) is 5.61. The Kier molecular flexibility index (Phi) is 5.87. The highest BCUT2D eigenvalue weighted by atomic mass is 35.5. The molecule has 1 unspecified atom stereocenters. The number of ketones is 1. The number of carbonyl (C=O) groups is 2. The summed E-state index contributed by atoms with van der Waals surface area (Å²) in [5.74, 6) is -1.41. The summed E-state index contributed by atoms with van der Waals surface area (Å²) < 4.78 is 0. The van der Waals surface area contributed by atoms with Crippen molar-refractivity contribution >= 4 is 63.9 Å². The van der Waals surface area contributed by atoms with Crippen molar-refractivity contribution < 1.29 is 9.59 Å². The lowest BCUT2D eigenvalue weighted by molar-refractivity contribution is -0.118. The summed E-state index contributed by atoms with van der Waals surface area (Å²) in [4.78, 5) is 30.1. The lowest BCUT2D eigenvalue weighted by Gasteiger charge is -2.26. The van der Waals surface area contributed by atoms with Crippen molar-refractivity contribution in [2.75, 3.05) is 0 Å². The molecule has 0 saturated heterocycles. The monoisotopic (exact) mass is 453 g/mol. The number of hydrogen-bond acceptors (Lipinski definition) is 2. The third kappa shape index (κ3) is 4.10. The average Bonchev–Trinajstić information content (AvgIpc) is 2.73. The number of halogens is 3. The first-order valence-corrected chi connectivity index (χ1v) is 10.2. The van der Waals surface area contributed by atoms with Crippen LogP contribution in [0.3, 0.4) is 0 Å². The second-order valence-electron chi connectivity index (χ2n) is 6.72. The maximum atomic E-state index is 13.1. The number of hydrogen-bond donors (Lipinski definition) is 0. The quantitative estimate of drug-likeness (QED) is 0.401. The van der Waals surface area contributed by atoms with Crippen molar-refractivity contribution in [3.05, 3.63) is 105 Å². The summed E-state index contributed by atoms with van der Waals surface area (Å²) in [5.41, 5.74) is 2.55. The van der Waals surface area contributed by atoms with Gasteiger partial charge < -0.3 is 0 Å². The summed E-state index contributed by atoms with van der Waals surface area (Å²) in [6, 6.07) is 14.3. The molecule has 0 saturated carbocycles. The molecule has 2 aromatic carbocycles. The van der Waals surface area contributed by atoms with Gasteiger partial charge in [-0.1, -0.05) is 77.3 Å². The molecule has 4 rings (SSSR count). The molecule has 0 spiro atoms. The Bertz CT molecular complexity index is 1200. The zero-order chi connectivity index (χ0) is 21.3. The number of aliphatic imine (C=N–C) groups is 1. The molecule has 0 fully saturated rings. The molecule has 1 aliphatic carbocycles. The van der Waals surface area contributed by atoms with E-state index in [2.05, 4.69) is 4.99 Å². The second kappa shape index (κ2) is 8.57. The van der Waals surface area contributed by atoms with Crippen LogP contribution < -0.4 is 0 Å². The number of benzene rings is 2. The summed E-state index contributed by atoms with van der Waals surface area (Å²) in [6.07, 6.45) is 8.07. The van der Waals surface area contributed by atoms with E-state index in [-0.39, 0.29) is 11.5 Å². The van der Waals surface area contributed by atoms with E-state index in [1.54, 1.807) is 42.5 Å². The van der Waals surface area contributed by atoms with E-state index in [1.165, 1.54) is 6.08 Å². The molecule has 1 heterocycles. The highest BCUT2D eigenvalue weighted by Crippen LogP contribution is 2.37. The van der Waals surface area contributed by atoms with Crippen molar-refractivity contribution in [3.8, 4) is 0 Å². The van der Waals surface area contributed by atoms with Gasteiger partial charge in [0, 0.05) is 21.0 Å². The molecule has 0 aromatic heterocycles. The summed E-state index contributed by atoms with van der Waals surface area (Å²) >= 11 is 18.3. The van der Waals surface area contributed by atoms with Gasteiger partial charge in [0.1, 0.15) is 0 Å². The minimum atomic E-state index is -0.576. The predicted molar refractivity (Wildman–Crippen MR) is 123 cm³/mol. The molecular weight excluding hydrogens is 441 g/mol. The van der Waals surface area contributed by atoms with E-state index in [0.29, 0.717) is 31.9 Å². The summed E-state index contributed by atoms with van der Waals surface area (Å²) in [6.45, 7) is 0. The highest BCUT2D eigenvalue weighted by Gasteiger charge is 2.34. The van der Waals surface area contributed by atoms with Crippen molar-refractivity contribution in [2.45, 2.75) is 0 Å². The first-order chi connectivity index (χ1) is 14.4. The van der Waals surface area contributed by atoms with Gasteiger partial charge in [-0.05, 0) is 53.1 Å². The topological polar surface area (TPSA) is 46.5 Å². The van der Waals surface area contributed by atoms with Gasteiger partial charge in [0.2, 0.25) is 0 Å². The normalized spacial score (nSPS) is 18.4. The van der Waals surface area contributed by atoms with Gasteiger partial charge >= 0.3 is 0 Å². The largest absolute Gasteiger partial charge is 0.289 e. The average molecular weight is 455 g/mol. The molecule has 0 radical (unpaired) electrons. The Labute approximate surface area is 188 Å². The maximum Gasteiger partial charge on any atom is 0.281 e. The van der Waals surface area contributed by atoms with Crippen LogP contribution in [0.5, 0.6) is 0 Å². The molecular formula is C24H14Cl3NO2.